The van der Waals surface area contributed by atoms with E-state index in [4.69, 9.17) is 16.3 Å². The third-order valence-corrected chi connectivity index (χ3v) is 5.83. The average molecular weight is 457 g/mol. The zero-order chi connectivity index (χ0) is 22.9. The quantitative estimate of drug-likeness (QED) is 0.669. The summed E-state index contributed by atoms with van der Waals surface area (Å²) in [4.78, 5) is 52.9. The molecular weight excluding hydrogens is 436 g/mol. The van der Waals surface area contributed by atoms with Crippen LogP contribution in [0.4, 0.5) is 10.5 Å². The van der Waals surface area contributed by atoms with Crippen LogP contribution in [0.5, 0.6) is 5.75 Å². The van der Waals surface area contributed by atoms with Crippen molar-refractivity contribution in [3.8, 4) is 5.75 Å². The van der Waals surface area contributed by atoms with Crippen LogP contribution < -0.4 is 15.4 Å². The average Bonchev–Trinajstić information content (AvgIpc) is 3.00. The summed E-state index contributed by atoms with van der Waals surface area (Å²) in [5, 5.41) is 5.74. The Kier molecular flexibility index (Phi) is 5.75. The molecule has 9 nitrogen and oxygen atoms in total. The van der Waals surface area contributed by atoms with E-state index in [1.165, 1.54) is 7.05 Å². The van der Waals surface area contributed by atoms with Gasteiger partial charge in [-0.2, -0.15) is 0 Å². The maximum Gasteiger partial charge on any atom is 0.325 e. The summed E-state index contributed by atoms with van der Waals surface area (Å²) < 4.78 is 5.60. The standard InChI is InChI=1S/C22H21ClN4O5/c1-26(12-18(28)24-16-8-4-3-7-15(16)23)19(29)13-27-20(30)22(25-21(27)31)10-11-32-17-9-5-2-6-14(17)22/h2-9H,10-13H2,1H3,(H,24,28)(H,25,31). The van der Waals surface area contributed by atoms with Gasteiger partial charge < -0.3 is 20.3 Å². The van der Waals surface area contributed by atoms with Gasteiger partial charge in [0, 0.05) is 19.0 Å². The van der Waals surface area contributed by atoms with Gasteiger partial charge in [-0.05, 0) is 18.2 Å². The largest absolute Gasteiger partial charge is 0.493 e. The van der Waals surface area contributed by atoms with E-state index in [9.17, 15) is 19.2 Å². The number of imide groups is 1. The van der Waals surface area contributed by atoms with Crippen LogP contribution in [0.25, 0.3) is 0 Å². The monoisotopic (exact) mass is 456 g/mol. The van der Waals surface area contributed by atoms with Gasteiger partial charge in [0.15, 0.2) is 5.54 Å². The van der Waals surface area contributed by atoms with Crippen LogP contribution in [0.2, 0.25) is 5.02 Å². The number of rotatable bonds is 5. The van der Waals surface area contributed by atoms with Crippen LogP contribution in [0.15, 0.2) is 48.5 Å². The van der Waals surface area contributed by atoms with Crippen molar-refractivity contribution < 1.29 is 23.9 Å². The summed E-state index contributed by atoms with van der Waals surface area (Å²) in [5.74, 6) is -1.00. The third kappa shape index (κ3) is 3.87. The Morgan fingerprint density at radius 3 is 2.69 bits per heavy atom. The van der Waals surface area contributed by atoms with Gasteiger partial charge in [0.2, 0.25) is 11.8 Å². The number of urea groups is 1. The first-order valence-electron chi connectivity index (χ1n) is 9.96. The molecule has 166 valence electrons. The highest BCUT2D eigenvalue weighted by Crippen LogP contribution is 2.40. The first kappa shape index (κ1) is 21.6. The number of amides is 5. The normalized spacial score (nSPS) is 19.2. The lowest BCUT2D eigenvalue weighted by Gasteiger charge is -2.33. The Morgan fingerprint density at radius 1 is 1.19 bits per heavy atom. The summed E-state index contributed by atoms with van der Waals surface area (Å²) in [6.07, 6.45) is 0.259. The van der Waals surface area contributed by atoms with Crippen molar-refractivity contribution in [3.63, 3.8) is 0 Å². The topological polar surface area (TPSA) is 108 Å². The van der Waals surface area contributed by atoms with Crippen molar-refractivity contribution >= 4 is 41.0 Å². The molecule has 1 spiro atoms. The number of likely N-dealkylation sites (N-methyl/N-ethyl adjacent to an activating group) is 1. The van der Waals surface area contributed by atoms with Crippen LogP contribution in [-0.4, -0.2) is 60.3 Å². The SMILES string of the molecule is CN(CC(=O)Nc1ccccc1Cl)C(=O)CN1C(=O)NC2(CCOc3ccccc32)C1=O. The fourth-order valence-electron chi connectivity index (χ4n) is 3.83. The molecule has 2 aliphatic rings. The Hall–Kier alpha value is -3.59. The maximum absolute atomic E-state index is 13.2. The highest BCUT2D eigenvalue weighted by molar-refractivity contribution is 6.33. The number of nitrogens with one attached hydrogen (secondary N) is 2. The van der Waals surface area contributed by atoms with Crippen LogP contribution in [-0.2, 0) is 19.9 Å². The molecule has 1 atom stereocenters. The molecule has 0 aromatic heterocycles. The van der Waals surface area contributed by atoms with Gasteiger partial charge in [-0.15, -0.1) is 0 Å². The highest BCUT2D eigenvalue weighted by Gasteiger charge is 2.55. The molecular formula is C22H21ClN4O5. The number of nitrogens with zero attached hydrogens (tertiary/aromatic N) is 2. The molecule has 1 fully saturated rings. The van der Waals surface area contributed by atoms with E-state index in [-0.39, 0.29) is 19.6 Å². The predicted molar refractivity (Wildman–Crippen MR) is 116 cm³/mol. The molecule has 0 aliphatic carbocycles. The fraction of sp³-hybridized carbons (Fsp3) is 0.273. The number of ether oxygens (including phenoxy) is 1. The molecule has 32 heavy (non-hydrogen) atoms. The lowest BCUT2D eigenvalue weighted by atomic mass is 9.84. The summed E-state index contributed by atoms with van der Waals surface area (Å²) in [6, 6.07) is 13.1. The van der Waals surface area contributed by atoms with E-state index in [0.29, 0.717) is 22.0 Å². The van der Waals surface area contributed by atoms with Crippen molar-refractivity contribution in [1.29, 1.82) is 0 Å². The minimum atomic E-state index is -1.26. The molecule has 2 aliphatic heterocycles. The lowest BCUT2D eigenvalue weighted by Crippen LogP contribution is -2.48. The van der Waals surface area contributed by atoms with E-state index in [2.05, 4.69) is 10.6 Å². The number of carbonyl (C=O) groups excluding carboxylic acids is 4. The van der Waals surface area contributed by atoms with Gasteiger partial charge in [-0.3, -0.25) is 19.3 Å². The van der Waals surface area contributed by atoms with Crippen molar-refractivity contribution in [2.75, 3.05) is 32.1 Å². The van der Waals surface area contributed by atoms with Gasteiger partial charge in [0.1, 0.15) is 12.3 Å². The first-order valence-corrected chi connectivity index (χ1v) is 10.3. The number of para-hydroxylation sites is 2. The molecule has 2 aromatic carbocycles. The van der Waals surface area contributed by atoms with Gasteiger partial charge in [0.25, 0.3) is 5.91 Å². The highest BCUT2D eigenvalue weighted by atomic mass is 35.5. The zero-order valence-electron chi connectivity index (χ0n) is 17.3. The van der Waals surface area contributed by atoms with Crippen LogP contribution in [0, 0.1) is 0 Å². The molecule has 0 saturated carbocycles. The Balaban J connectivity index is 1.42. The molecule has 2 heterocycles. The Morgan fingerprint density at radius 2 is 1.91 bits per heavy atom. The molecule has 2 N–H and O–H groups in total. The maximum atomic E-state index is 13.2. The second-order valence-corrected chi connectivity index (χ2v) is 8.01. The van der Waals surface area contributed by atoms with Crippen molar-refractivity contribution in [2.24, 2.45) is 0 Å². The van der Waals surface area contributed by atoms with Crippen molar-refractivity contribution in [3.05, 3.63) is 59.1 Å². The van der Waals surface area contributed by atoms with E-state index in [1.54, 1.807) is 48.5 Å². The van der Waals surface area contributed by atoms with Crippen molar-refractivity contribution in [2.45, 2.75) is 12.0 Å². The van der Waals surface area contributed by atoms with E-state index >= 15 is 0 Å². The van der Waals surface area contributed by atoms with Crippen LogP contribution in [0.1, 0.15) is 12.0 Å². The number of hydrogen-bond acceptors (Lipinski definition) is 5. The predicted octanol–water partition coefficient (Wildman–Crippen LogP) is 1.97. The second kappa shape index (κ2) is 8.51. The van der Waals surface area contributed by atoms with Gasteiger partial charge in [-0.25, -0.2) is 4.79 Å². The Bertz CT molecular complexity index is 1110. The summed E-state index contributed by atoms with van der Waals surface area (Å²) in [6.45, 7) is -0.492. The number of fused-ring (bicyclic) bond motifs is 2. The molecule has 0 bridgehead atoms. The number of benzene rings is 2. The minimum absolute atomic E-state index is 0.257. The number of hydrogen-bond donors (Lipinski definition) is 2. The second-order valence-electron chi connectivity index (χ2n) is 7.60. The zero-order valence-corrected chi connectivity index (χ0v) is 18.0. The number of halogens is 1. The molecule has 5 amide bonds. The lowest BCUT2D eigenvalue weighted by molar-refractivity contribution is -0.139. The third-order valence-electron chi connectivity index (χ3n) is 5.51. The molecule has 4 rings (SSSR count). The first-order chi connectivity index (χ1) is 15.3. The van der Waals surface area contributed by atoms with E-state index < -0.39 is 35.8 Å². The van der Waals surface area contributed by atoms with Gasteiger partial charge in [0.05, 0.1) is 23.9 Å². The number of anilines is 1. The summed E-state index contributed by atoms with van der Waals surface area (Å²) in [7, 11) is 1.42. The smallest absolute Gasteiger partial charge is 0.325 e. The summed E-state index contributed by atoms with van der Waals surface area (Å²) >= 11 is 6.03. The van der Waals surface area contributed by atoms with Gasteiger partial charge >= 0.3 is 6.03 Å². The van der Waals surface area contributed by atoms with Crippen molar-refractivity contribution in [1.82, 2.24) is 15.1 Å². The Labute approximate surface area is 189 Å². The molecule has 10 heteroatoms. The van der Waals surface area contributed by atoms with E-state index in [1.807, 2.05) is 0 Å². The molecule has 1 unspecified atom stereocenters. The van der Waals surface area contributed by atoms with E-state index in [0.717, 1.165) is 9.80 Å². The van der Waals surface area contributed by atoms with Crippen LogP contribution >= 0.6 is 11.6 Å². The van der Waals surface area contributed by atoms with Crippen LogP contribution in [0.3, 0.4) is 0 Å². The number of carbonyl (C=O) groups is 4. The molecule has 0 radical (unpaired) electrons. The molecule has 1 saturated heterocycles. The minimum Gasteiger partial charge on any atom is -0.493 e. The summed E-state index contributed by atoms with van der Waals surface area (Å²) in [5.41, 5.74) is -0.270. The van der Waals surface area contributed by atoms with Gasteiger partial charge in [-0.1, -0.05) is 41.9 Å². The fourth-order valence-corrected chi connectivity index (χ4v) is 4.01. The molecule has 2 aromatic rings.